The lowest BCUT2D eigenvalue weighted by molar-refractivity contribution is 0.180. The third-order valence-corrected chi connectivity index (χ3v) is 6.50. The number of benzene rings is 1. The molecule has 142 valence electrons. The molecular formula is C24H41N. The summed E-state index contributed by atoms with van der Waals surface area (Å²) in [5.74, 6) is 1.64. The van der Waals surface area contributed by atoms with Gasteiger partial charge in [0.25, 0.3) is 0 Å². The van der Waals surface area contributed by atoms with Gasteiger partial charge in [-0.1, -0.05) is 65.3 Å². The van der Waals surface area contributed by atoms with E-state index in [2.05, 4.69) is 71.2 Å². The summed E-state index contributed by atoms with van der Waals surface area (Å²) >= 11 is 0. The maximum absolute atomic E-state index is 3.40. The number of hydrogen-bond donors (Lipinski definition) is 1. The second-order valence-electron chi connectivity index (χ2n) is 9.88. The molecule has 0 fully saturated rings. The van der Waals surface area contributed by atoms with Crippen molar-refractivity contribution in [1.82, 2.24) is 5.32 Å². The first kappa shape index (κ1) is 20.5. The lowest BCUT2D eigenvalue weighted by Crippen LogP contribution is -2.29. The van der Waals surface area contributed by atoms with Crippen molar-refractivity contribution >= 4 is 0 Å². The Morgan fingerprint density at radius 2 is 1.84 bits per heavy atom. The lowest BCUT2D eigenvalue weighted by Gasteiger charge is -2.35. The fraction of sp³-hybridized carbons (Fsp3) is 0.750. The zero-order chi connectivity index (χ0) is 18.5. The standard InChI is InChI=1S/C24H41N/c1-19(2)18-21(23(3,4)5)11-9-14-24(16-17-25-6)15-13-20-10-7-8-12-22(20)24/h7-8,10,12,19,21,25H,9,11,13-18H2,1-6H3. The van der Waals surface area contributed by atoms with Crippen LogP contribution in [0.25, 0.3) is 0 Å². The molecule has 1 aliphatic carbocycles. The molecule has 0 heterocycles. The summed E-state index contributed by atoms with van der Waals surface area (Å²) < 4.78 is 0. The number of nitrogens with one attached hydrogen (secondary N) is 1. The van der Waals surface area contributed by atoms with Gasteiger partial charge in [-0.2, -0.15) is 0 Å². The van der Waals surface area contributed by atoms with E-state index in [4.69, 9.17) is 0 Å². The van der Waals surface area contributed by atoms with E-state index in [1.54, 1.807) is 11.1 Å². The van der Waals surface area contributed by atoms with Crippen LogP contribution < -0.4 is 5.32 Å². The van der Waals surface area contributed by atoms with Crippen LogP contribution in [-0.2, 0) is 11.8 Å². The van der Waals surface area contributed by atoms with Crippen molar-refractivity contribution in [3.8, 4) is 0 Å². The molecule has 1 heteroatoms. The quantitative estimate of drug-likeness (QED) is 0.550. The van der Waals surface area contributed by atoms with Crippen LogP contribution in [0, 0.1) is 17.3 Å². The number of fused-ring (bicyclic) bond motifs is 1. The van der Waals surface area contributed by atoms with Crippen molar-refractivity contribution in [2.24, 2.45) is 17.3 Å². The van der Waals surface area contributed by atoms with Crippen LogP contribution in [0.15, 0.2) is 24.3 Å². The molecule has 2 rings (SSSR count). The molecular weight excluding hydrogens is 302 g/mol. The Balaban J connectivity index is 2.06. The summed E-state index contributed by atoms with van der Waals surface area (Å²) in [6, 6.07) is 9.22. The van der Waals surface area contributed by atoms with E-state index < -0.39 is 0 Å². The zero-order valence-corrected chi connectivity index (χ0v) is 17.6. The van der Waals surface area contributed by atoms with Crippen LogP contribution in [0.5, 0.6) is 0 Å². The minimum absolute atomic E-state index is 0.417. The van der Waals surface area contributed by atoms with E-state index >= 15 is 0 Å². The van der Waals surface area contributed by atoms with E-state index in [1.807, 2.05) is 0 Å². The highest BCUT2D eigenvalue weighted by Crippen LogP contribution is 2.46. The fourth-order valence-electron chi connectivity index (χ4n) is 4.93. The summed E-state index contributed by atoms with van der Waals surface area (Å²) in [5.41, 5.74) is 4.10. The first-order valence-corrected chi connectivity index (χ1v) is 10.5. The Morgan fingerprint density at radius 1 is 1.12 bits per heavy atom. The van der Waals surface area contributed by atoms with Crippen LogP contribution in [0.2, 0.25) is 0 Å². The summed E-state index contributed by atoms with van der Waals surface area (Å²) in [4.78, 5) is 0. The molecule has 2 unspecified atom stereocenters. The minimum Gasteiger partial charge on any atom is -0.320 e. The van der Waals surface area contributed by atoms with Gasteiger partial charge >= 0.3 is 0 Å². The average molecular weight is 344 g/mol. The molecule has 1 aromatic rings. The third kappa shape index (κ3) is 5.33. The van der Waals surface area contributed by atoms with Gasteiger partial charge in [0, 0.05) is 0 Å². The van der Waals surface area contributed by atoms with Crippen LogP contribution in [0.3, 0.4) is 0 Å². The Morgan fingerprint density at radius 3 is 2.48 bits per heavy atom. The molecule has 0 aliphatic heterocycles. The molecule has 0 radical (unpaired) electrons. The number of rotatable bonds is 9. The molecule has 0 saturated heterocycles. The van der Waals surface area contributed by atoms with E-state index in [0.717, 1.165) is 18.4 Å². The molecule has 0 aromatic heterocycles. The summed E-state index contributed by atoms with van der Waals surface area (Å²) in [5, 5.41) is 3.40. The molecule has 0 bridgehead atoms. The Labute approximate surface area is 157 Å². The highest BCUT2D eigenvalue weighted by molar-refractivity contribution is 5.39. The van der Waals surface area contributed by atoms with E-state index in [9.17, 15) is 0 Å². The minimum atomic E-state index is 0.417. The van der Waals surface area contributed by atoms with Crippen LogP contribution in [0.1, 0.15) is 84.3 Å². The van der Waals surface area contributed by atoms with Crippen molar-refractivity contribution < 1.29 is 0 Å². The van der Waals surface area contributed by atoms with Gasteiger partial charge in [0.15, 0.2) is 0 Å². The first-order valence-electron chi connectivity index (χ1n) is 10.5. The van der Waals surface area contributed by atoms with Gasteiger partial charge < -0.3 is 5.32 Å². The second kappa shape index (κ2) is 8.71. The largest absolute Gasteiger partial charge is 0.320 e. The van der Waals surface area contributed by atoms with Gasteiger partial charge in [-0.15, -0.1) is 0 Å². The third-order valence-electron chi connectivity index (χ3n) is 6.50. The SMILES string of the molecule is CNCCC1(CCCC(CC(C)C)C(C)(C)C)CCc2ccccc21. The van der Waals surface area contributed by atoms with Crippen LogP contribution in [0.4, 0.5) is 0 Å². The lowest BCUT2D eigenvalue weighted by atomic mass is 9.70. The van der Waals surface area contributed by atoms with Crippen LogP contribution >= 0.6 is 0 Å². The normalized spacial score (nSPS) is 21.6. The Hall–Kier alpha value is -0.820. The second-order valence-corrected chi connectivity index (χ2v) is 9.88. The van der Waals surface area contributed by atoms with Crippen molar-refractivity contribution in [3.63, 3.8) is 0 Å². The van der Waals surface area contributed by atoms with Gasteiger partial charge in [0.2, 0.25) is 0 Å². The number of hydrogen-bond acceptors (Lipinski definition) is 1. The molecule has 1 aliphatic rings. The predicted octanol–water partition coefficient (Wildman–Crippen LogP) is 6.36. The van der Waals surface area contributed by atoms with Gasteiger partial charge in [0.1, 0.15) is 0 Å². The van der Waals surface area contributed by atoms with Gasteiger partial charge in [-0.25, -0.2) is 0 Å². The Kier molecular flexibility index (Phi) is 7.14. The highest BCUT2D eigenvalue weighted by atomic mass is 14.8. The van der Waals surface area contributed by atoms with Crippen LogP contribution in [-0.4, -0.2) is 13.6 Å². The number of aryl methyl sites for hydroxylation is 1. The molecule has 1 N–H and O–H groups in total. The summed E-state index contributed by atoms with van der Waals surface area (Å²) in [7, 11) is 2.09. The predicted molar refractivity (Wildman–Crippen MR) is 111 cm³/mol. The van der Waals surface area contributed by atoms with Gasteiger partial charge in [-0.3, -0.25) is 0 Å². The van der Waals surface area contributed by atoms with E-state index in [1.165, 1.54) is 44.9 Å². The van der Waals surface area contributed by atoms with Crippen molar-refractivity contribution in [3.05, 3.63) is 35.4 Å². The molecule has 25 heavy (non-hydrogen) atoms. The zero-order valence-electron chi connectivity index (χ0n) is 17.6. The van der Waals surface area contributed by atoms with Gasteiger partial charge in [-0.05, 0) is 85.9 Å². The summed E-state index contributed by atoms with van der Waals surface area (Å²) in [6.45, 7) is 13.2. The first-order chi connectivity index (χ1) is 11.8. The van der Waals surface area contributed by atoms with E-state index in [-0.39, 0.29) is 0 Å². The molecule has 2 atom stereocenters. The van der Waals surface area contributed by atoms with Crippen molar-refractivity contribution in [2.45, 2.75) is 85.0 Å². The molecule has 0 spiro atoms. The van der Waals surface area contributed by atoms with Crippen molar-refractivity contribution in [2.75, 3.05) is 13.6 Å². The Bertz CT molecular complexity index is 525. The highest BCUT2D eigenvalue weighted by Gasteiger charge is 2.37. The van der Waals surface area contributed by atoms with E-state index in [0.29, 0.717) is 10.8 Å². The molecule has 1 aromatic carbocycles. The monoisotopic (exact) mass is 343 g/mol. The van der Waals surface area contributed by atoms with Crippen molar-refractivity contribution in [1.29, 1.82) is 0 Å². The maximum atomic E-state index is 3.40. The topological polar surface area (TPSA) is 12.0 Å². The van der Waals surface area contributed by atoms with Gasteiger partial charge in [0.05, 0.1) is 0 Å². The average Bonchev–Trinajstić information content (AvgIpc) is 2.90. The fourth-order valence-corrected chi connectivity index (χ4v) is 4.93. The molecule has 0 amide bonds. The maximum Gasteiger partial charge on any atom is -0.00290 e. The summed E-state index contributed by atoms with van der Waals surface area (Å²) in [6.07, 6.45) is 9.37. The molecule has 1 nitrogen and oxygen atoms in total. The smallest absolute Gasteiger partial charge is 0.00290 e. The molecule has 0 saturated carbocycles.